The Bertz CT molecular complexity index is 980. The highest BCUT2D eigenvalue weighted by atomic mass is 79.9. The van der Waals surface area contributed by atoms with E-state index in [2.05, 4.69) is 57.7 Å². The fourth-order valence-electron chi connectivity index (χ4n) is 3.94. The van der Waals surface area contributed by atoms with Gasteiger partial charge in [-0.15, -0.1) is 0 Å². The predicted molar refractivity (Wildman–Crippen MR) is 117 cm³/mol. The van der Waals surface area contributed by atoms with E-state index >= 15 is 0 Å². The molecule has 0 radical (unpaired) electrons. The van der Waals surface area contributed by atoms with Crippen LogP contribution in [0.4, 0.5) is 5.69 Å². The van der Waals surface area contributed by atoms with Crippen LogP contribution >= 0.6 is 15.9 Å². The maximum Gasteiger partial charge on any atom is 0.227 e. The number of hydrogen-bond donors (Lipinski definition) is 0. The highest BCUT2D eigenvalue weighted by Gasteiger charge is 2.34. The third-order valence-electron chi connectivity index (χ3n) is 5.30. The van der Waals surface area contributed by atoms with Crippen molar-refractivity contribution in [1.29, 1.82) is 0 Å². The van der Waals surface area contributed by atoms with Crippen molar-refractivity contribution in [2.45, 2.75) is 25.3 Å². The minimum atomic E-state index is 0.114. The number of halogens is 1. The van der Waals surface area contributed by atoms with E-state index in [0.717, 1.165) is 46.5 Å². The Morgan fingerprint density at radius 1 is 1.14 bits per heavy atom. The first-order valence-corrected chi connectivity index (χ1v) is 10.5. The molecule has 146 valence electrons. The molecule has 6 heteroatoms. The SMILES string of the molecule is CN(C)CCCn1c(C2CC(=O)N(c3ccc(Br)cc3)C2)nc2ccccc21. The van der Waals surface area contributed by atoms with Gasteiger partial charge in [-0.2, -0.15) is 0 Å². The Kier molecular flexibility index (Phi) is 5.51. The molecule has 1 fully saturated rings. The molecule has 3 aromatic rings. The van der Waals surface area contributed by atoms with Gasteiger partial charge in [0.05, 0.1) is 11.0 Å². The largest absolute Gasteiger partial charge is 0.328 e. The lowest BCUT2D eigenvalue weighted by molar-refractivity contribution is -0.117. The zero-order valence-electron chi connectivity index (χ0n) is 16.3. The molecule has 0 N–H and O–H groups in total. The Labute approximate surface area is 174 Å². The molecule has 0 aliphatic carbocycles. The van der Waals surface area contributed by atoms with Crippen LogP contribution in [0.3, 0.4) is 0 Å². The summed E-state index contributed by atoms with van der Waals surface area (Å²) in [6.07, 6.45) is 1.56. The van der Waals surface area contributed by atoms with Gasteiger partial charge < -0.3 is 14.4 Å². The third-order valence-corrected chi connectivity index (χ3v) is 5.83. The molecular weight excluding hydrogens is 416 g/mol. The van der Waals surface area contributed by atoms with Gasteiger partial charge in [0.15, 0.2) is 0 Å². The molecule has 1 aromatic heterocycles. The quantitative estimate of drug-likeness (QED) is 0.574. The van der Waals surface area contributed by atoms with Crippen LogP contribution < -0.4 is 4.90 Å². The van der Waals surface area contributed by atoms with Gasteiger partial charge in [0, 0.05) is 35.6 Å². The molecule has 0 spiro atoms. The second-order valence-corrected chi connectivity index (χ2v) is 8.56. The van der Waals surface area contributed by atoms with Gasteiger partial charge in [0.25, 0.3) is 0 Å². The van der Waals surface area contributed by atoms with E-state index in [4.69, 9.17) is 4.98 Å². The summed E-state index contributed by atoms with van der Waals surface area (Å²) in [6.45, 7) is 2.62. The van der Waals surface area contributed by atoms with Crippen LogP contribution in [0.5, 0.6) is 0 Å². The Hall–Kier alpha value is -2.18. The molecule has 0 saturated carbocycles. The number of rotatable bonds is 6. The molecule has 1 amide bonds. The summed E-state index contributed by atoms with van der Waals surface area (Å²) in [5, 5.41) is 0. The number of anilines is 1. The van der Waals surface area contributed by atoms with E-state index in [1.165, 1.54) is 0 Å². The topological polar surface area (TPSA) is 41.4 Å². The molecular formula is C22H25BrN4O. The minimum absolute atomic E-state index is 0.114. The normalized spacial score (nSPS) is 17.2. The standard InChI is InChI=1S/C22H25BrN4O/c1-25(2)12-5-13-26-20-7-4-3-6-19(20)24-22(26)16-14-21(28)27(15-16)18-10-8-17(23)9-11-18/h3-4,6-11,16H,5,12-15H2,1-2H3. The maximum atomic E-state index is 12.7. The van der Waals surface area contributed by atoms with Gasteiger partial charge in [0.2, 0.25) is 5.91 Å². The predicted octanol–water partition coefficient (Wildman–Crippen LogP) is 4.27. The van der Waals surface area contributed by atoms with E-state index in [0.29, 0.717) is 13.0 Å². The number of carbonyl (C=O) groups excluding carboxylic acids is 1. The molecule has 5 nitrogen and oxygen atoms in total. The molecule has 2 aromatic carbocycles. The zero-order valence-corrected chi connectivity index (χ0v) is 17.9. The number of benzene rings is 2. The van der Waals surface area contributed by atoms with Crippen LogP contribution in [0.25, 0.3) is 11.0 Å². The monoisotopic (exact) mass is 440 g/mol. The molecule has 0 bridgehead atoms. The van der Waals surface area contributed by atoms with Crippen LogP contribution in [0.2, 0.25) is 0 Å². The molecule has 1 aliphatic heterocycles. The average molecular weight is 441 g/mol. The first kappa shape index (κ1) is 19.2. The maximum absolute atomic E-state index is 12.7. The van der Waals surface area contributed by atoms with Crippen molar-refractivity contribution in [3.8, 4) is 0 Å². The van der Waals surface area contributed by atoms with Gasteiger partial charge in [-0.25, -0.2) is 4.98 Å². The van der Waals surface area contributed by atoms with E-state index in [1.54, 1.807) is 0 Å². The summed E-state index contributed by atoms with van der Waals surface area (Å²) >= 11 is 3.46. The van der Waals surface area contributed by atoms with E-state index in [9.17, 15) is 4.79 Å². The second-order valence-electron chi connectivity index (χ2n) is 7.65. The number of aromatic nitrogens is 2. The molecule has 1 aliphatic rings. The average Bonchev–Trinajstić information content (AvgIpc) is 3.23. The van der Waals surface area contributed by atoms with Gasteiger partial charge in [-0.1, -0.05) is 28.1 Å². The van der Waals surface area contributed by atoms with Crippen LogP contribution in [0.1, 0.15) is 24.6 Å². The fraction of sp³-hybridized carbons (Fsp3) is 0.364. The number of imidazole rings is 1. The number of aryl methyl sites for hydroxylation is 1. The Morgan fingerprint density at radius 3 is 2.64 bits per heavy atom. The van der Waals surface area contributed by atoms with Crippen molar-refractivity contribution in [1.82, 2.24) is 14.5 Å². The molecule has 1 unspecified atom stereocenters. The molecule has 2 heterocycles. The first-order chi connectivity index (χ1) is 13.5. The van der Waals surface area contributed by atoms with Crippen molar-refractivity contribution >= 4 is 38.6 Å². The second kappa shape index (κ2) is 8.05. The Morgan fingerprint density at radius 2 is 1.89 bits per heavy atom. The van der Waals surface area contributed by atoms with Crippen molar-refractivity contribution in [2.24, 2.45) is 0 Å². The summed E-state index contributed by atoms with van der Waals surface area (Å²) in [4.78, 5) is 21.8. The number of carbonyl (C=O) groups is 1. The van der Waals surface area contributed by atoms with Crippen LogP contribution in [0, 0.1) is 0 Å². The smallest absolute Gasteiger partial charge is 0.227 e. The Balaban J connectivity index is 1.63. The molecule has 1 saturated heterocycles. The number of amides is 1. The molecule has 4 rings (SSSR count). The number of hydrogen-bond acceptors (Lipinski definition) is 3. The van der Waals surface area contributed by atoms with Crippen LogP contribution in [0.15, 0.2) is 53.0 Å². The fourth-order valence-corrected chi connectivity index (χ4v) is 4.20. The van der Waals surface area contributed by atoms with Crippen molar-refractivity contribution in [3.05, 3.63) is 58.8 Å². The first-order valence-electron chi connectivity index (χ1n) is 9.69. The summed E-state index contributed by atoms with van der Waals surface area (Å²) in [6, 6.07) is 16.2. The highest BCUT2D eigenvalue weighted by Crippen LogP contribution is 2.33. The van der Waals surface area contributed by atoms with Crippen molar-refractivity contribution in [2.75, 3.05) is 32.1 Å². The van der Waals surface area contributed by atoms with E-state index < -0.39 is 0 Å². The van der Waals surface area contributed by atoms with Gasteiger partial charge >= 0.3 is 0 Å². The molecule has 28 heavy (non-hydrogen) atoms. The van der Waals surface area contributed by atoms with E-state index in [-0.39, 0.29) is 11.8 Å². The lowest BCUT2D eigenvalue weighted by atomic mass is 10.1. The van der Waals surface area contributed by atoms with Crippen molar-refractivity contribution in [3.63, 3.8) is 0 Å². The summed E-state index contributed by atoms with van der Waals surface area (Å²) < 4.78 is 3.34. The lowest BCUT2D eigenvalue weighted by Crippen LogP contribution is -2.24. The summed E-state index contributed by atoms with van der Waals surface area (Å²) in [7, 11) is 4.19. The number of nitrogens with zero attached hydrogens (tertiary/aromatic N) is 4. The number of fused-ring (bicyclic) bond motifs is 1. The summed E-state index contributed by atoms with van der Waals surface area (Å²) in [5.74, 6) is 1.31. The van der Waals surface area contributed by atoms with Crippen LogP contribution in [-0.2, 0) is 11.3 Å². The third kappa shape index (κ3) is 3.84. The van der Waals surface area contributed by atoms with Gasteiger partial charge in [-0.3, -0.25) is 4.79 Å². The van der Waals surface area contributed by atoms with Gasteiger partial charge in [-0.05, 0) is 63.5 Å². The van der Waals surface area contributed by atoms with Crippen molar-refractivity contribution < 1.29 is 4.79 Å². The van der Waals surface area contributed by atoms with Crippen LogP contribution in [-0.4, -0.2) is 47.5 Å². The van der Waals surface area contributed by atoms with Gasteiger partial charge in [0.1, 0.15) is 5.82 Å². The number of para-hydroxylation sites is 2. The summed E-state index contributed by atoms with van der Waals surface area (Å²) in [5.41, 5.74) is 3.12. The highest BCUT2D eigenvalue weighted by molar-refractivity contribution is 9.10. The minimum Gasteiger partial charge on any atom is -0.328 e. The zero-order chi connectivity index (χ0) is 19.7. The van der Waals surface area contributed by atoms with E-state index in [1.807, 2.05) is 35.2 Å². The molecule has 1 atom stereocenters. The lowest BCUT2D eigenvalue weighted by Gasteiger charge is -2.18.